The second-order valence-electron chi connectivity index (χ2n) is 5.08. The molecular weight excluding hydrogens is 318 g/mol. The zero-order chi connectivity index (χ0) is 17.0. The number of hydrogen-bond acceptors (Lipinski definition) is 3. The summed E-state index contributed by atoms with van der Waals surface area (Å²) in [6, 6.07) is 11.5. The number of rotatable bonds is 4. The number of amides is 2. The van der Waals surface area contributed by atoms with Crippen molar-refractivity contribution in [3.8, 4) is 0 Å². The van der Waals surface area contributed by atoms with E-state index >= 15 is 0 Å². The number of nitro benzene ring substituents is 1. The fourth-order valence-corrected chi connectivity index (χ4v) is 2.32. The summed E-state index contributed by atoms with van der Waals surface area (Å²) < 4.78 is 0. The Labute approximate surface area is 138 Å². The smallest absolute Gasteiger partial charge is 0.321 e. The monoisotopic (exact) mass is 333 g/mol. The molecule has 0 aromatic heterocycles. The summed E-state index contributed by atoms with van der Waals surface area (Å²) in [5, 5.41) is 14.2. The minimum absolute atomic E-state index is 0.0310. The molecule has 0 aliphatic rings. The van der Waals surface area contributed by atoms with Crippen molar-refractivity contribution in [3.63, 3.8) is 0 Å². The average Bonchev–Trinajstić information content (AvgIpc) is 2.51. The summed E-state index contributed by atoms with van der Waals surface area (Å²) in [5.41, 5.74) is 1.62. The van der Waals surface area contributed by atoms with Crippen molar-refractivity contribution in [1.29, 1.82) is 0 Å². The van der Waals surface area contributed by atoms with Gasteiger partial charge in [-0.15, -0.1) is 0 Å². The molecule has 0 radical (unpaired) electrons. The summed E-state index contributed by atoms with van der Waals surface area (Å²) in [6.45, 7) is 1.93. The van der Waals surface area contributed by atoms with Crippen LogP contribution in [0, 0.1) is 17.0 Å². The predicted octanol–water partition coefficient (Wildman–Crippen LogP) is 4.22. The van der Waals surface area contributed by atoms with Gasteiger partial charge in [-0.2, -0.15) is 0 Å². The molecule has 0 bridgehead atoms. The molecule has 120 valence electrons. The zero-order valence-corrected chi connectivity index (χ0v) is 13.5. The van der Waals surface area contributed by atoms with Crippen LogP contribution < -0.4 is 5.32 Å². The summed E-state index contributed by atoms with van der Waals surface area (Å²) in [7, 11) is 1.63. The van der Waals surface area contributed by atoms with Crippen LogP contribution in [0.3, 0.4) is 0 Å². The zero-order valence-electron chi connectivity index (χ0n) is 12.7. The van der Waals surface area contributed by atoms with Gasteiger partial charge in [0, 0.05) is 24.7 Å². The minimum Gasteiger partial charge on any atom is -0.323 e. The second kappa shape index (κ2) is 7.11. The molecule has 0 aliphatic heterocycles. The highest BCUT2D eigenvalue weighted by Gasteiger charge is 2.17. The summed E-state index contributed by atoms with van der Waals surface area (Å²) in [6.07, 6.45) is 0. The van der Waals surface area contributed by atoms with Gasteiger partial charge in [0.05, 0.1) is 16.2 Å². The molecule has 2 rings (SSSR count). The Morgan fingerprint density at radius 1 is 1.26 bits per heavy atom. The van der Waals surface area contributed by atoms with Crippen LogP contribution in [0.4, 0.5) is 16.2 Å². The van der Waals surface area contributed by atoms with Crippen molar-refractivity contribution in [2.24, 2.45) is 0 Å². The van der Waals surface area contributed by atoms with Crippen molar-refractivity contribution >= 4 is 29.0 Å². The van der Waals surface area contributed by atoms with E-state index in [-0.39, 0.29) is 11.7 Å². The molecule has 1 N–H and O–H groups in total. The minimum atomic E-state index is -0.474. The number of hydrogen-bond donors (Lipinski definition) is 1. The van der Waals surface area contributed by atoms with Crippen LogP contribution in [0.15, 0.2) is 42.5 Å². The molecule has 0 saturated heterocycles. The predicted molar refractivity (Wildman–Crippen MR) is 89.8 cm³/mol. The van der Waals surface area contributed by atoms with Gasteiger partial charge >= 0.3 is 6.03 Å². The van der Waals surface area contributed by atoms with Crippen molar-refractivity contribution < 1.29 is 9.72 Å². The number of halogens is 1. The number of carbonyl (C=O) groups excluding carboxylic acids is 1. The van der Waals surface area contributed by atoms with Gasteiger partial charge in [0.25, 0.3) is 5.69 Å². The molecular formula is C16H16ClN3O3. The molecule has 0 atom stereocenters. The summed E-state index contributed by atoms with van der Waals surface area (Å²) in [4.78, 5) is 24.2. The topological polar surface area (TPSA) is 75.5 Å². The van der Waals surface area contributed by atoms with E-state index in [2.05, 4.69) is 5.32 Å². The van der Waals surface area contributed by atoms with E-state index in [0.29, 0.717) is 22.8 Å². The van der Waals surface area contributed by atoms with Crippen LogP contribution in [0.5, 0.6) is 0 Å². The van der Waals surface area contributed by atoms with E-state index in [1.165, 1.54) is 17.0 Å². The molecule has 7 heteroatoms. The van der Waals surface area contributed by atoms with E-state index in [0.717, 1.165) is 5.56 Å². The van der Waals surface area contributed by atoms with Gasteiger partial charge in [-0.3, -0.25) is 10.1 Å². The first kappa shape index (κ1) is 16.8. The van der Waals surface area contributed by atoms with Gasteiger partial charge in [0.1, 0.15) is 0 Å². The number of anilines is 1. The normalized spacial score (nSPS) is 10.2. The van der Waals surface area contributed by atoms with Gasteiger partial charge < -0.3 is 10.2 Å². The number of nitrogens with zero attached hydrogens (tertiary/aromatic N) is 2. The highest BCUT2D eigenvalue weighted by Crippen LogP contribution is 2.25. The van der Waals surface area contributed by atoms with Crippen molar-refractivity contribution in [2.75, 3.05) is 12.4 Å². The lowest BCUT2D eigenvalue weighted by molar-refractivity contribution is -0.385. The van der Waals surface area contributed by atoms with E-state index in [1.807, 2.05) is 18.2 Å². The van der Waals surface area contributed by atoms with Crippen LogP contribution >= 0.6 is 11.6 Å². The molecule has 0 saturated carbocycles. The lowest BCUT2D eigenvalue weighted by Gasteiger charge is -2.19. The van der Waals surface area contributed by atoms with Crippen LogP contribution in [0.1, 0.15) is 11.1 Å². The maximum Gasteiger partial charge on any atom is 0.321 e. The summed E-state index contributed by atoms with van der Waals surface area (Å²) in [5.74, 6) is 0. The highest BCUT2D eigenvalue weighted by atomic mass is 35.5. The standard InChI is InChI=1S/C16H16ClN3O3/c1-11-14(8-5-9-15(11)20(22)23)18-16(21)19(2)10-12-6-3-4-7-13(12)17/h3-9H,10H2,1-2H3,(H,18,21). The van der Waals surface area contributed by atoms with Crippen molar-refractivity contribution in [3.05, 3.63) is 68.7 Å². The molecule has 0 heterocycles. The fraction of sp³-hybridized carbons (Fsp3) is 0.188. The Morgan fingerprint density at radius 2 is 1.96 bits per heavy atom. The Morgan fingerprint density at radius 3 is 2.61 bits per heavy atom. The molecule has 0 spiro atoms. The van der Waals surface area contributed by atoms with Crippen LogP contribution in [0.25, 0.3) is 0 Å². The third kappa shape index (κ3) is 3.98. The second-order valence-corrected chi connectivity index (χ2v) is 5.49. The highest BCUT2D eigenvalue weighted by molar-refractivity contribution is 6.31. The molecule has 6 nitrogen and oxygen atoms in total. The lowest BCUT2D eigenvalue weighted by atomic mass is 10.1. The van der Waals surface area contributed by atoms with E-state index < -0.39 is 4.92 Å². The number of benzene rings is 2. The van der Waals surface area contributed by atoms with Gasteiger partial charge in [0.15, 0.2) is 0 Å². The fourth-order valence-electron chi connectivity index (χ4n) is 2.12. The lowest BCUT2D eigenvalue weighted by Crippen LogP contribution is -2.31. The van der Waals surface area contributed by atoms with Gasteiger partial charge in [-0.25, -0.2) is 4.79 Å². The Hall–Kier alpha value is -2.60. The Balaban J connectivity index is 2.12. The first-order valence-corrected chi connectivity index (χ1v) is 7.27. The van der Waals surface area contributed by atoms with Gasteiger partial charge in [-0.05, 0) is 24.6 Å². The quantitative estimate of drug-likeness (QED) is 0.672. The van der Waals surface area contributed by atoms with E-state index in [4.69, 9.17) is 11.6 Å². The van der Waals surface area contributed by atoms with Crippen molar-refractivity contribution in [2.45, 2.75) is 13.5 Å². The third-order valence-electron chi connectivity index (χ3n) is 3.46. The maximum absolute atomic E-state index is 12.3. The molecule has 0 aliphatic carbocycles. The van der Waals surface area contributed by atoms with Crippen LogP contribution in [0.2, 0.25) is 5.02 Å². The Bertz CT molecular complexity index is 749. The number of nitro groups is 1. The van der Waals surface area contributed by atoms with Crippen LogP contribution in [-0.4, -0.2) is 22.9 Å². The average molecular weight is 334 g/mol. The van der Waals surface area contributed by atoms with Crippen molar-refractivity contribution in [1.82, 2.24) is 4.90 Å². The largest absolute Gasteiger partial charge is 0.323 e. The number of urea groups is 1. The Kier molecular flexibility index (Phi) is 5.18. The SMILES string of the molecule is Cc1c(NC(=O)N(C)Cc2ccccc2Cl)cccc1[N+](=O)[O-]. The van der Waals surface area contributed by atoms with Gasteiger partial charge in [0.2, 0.25) is 0 Å². The van der Waals surface area contributed by atoms with Crippen LogP contribution in [-0.2, 0) is 6.54 Å². The van der Waals surface area contributed by atoms with Gasteiger partial charge in [-0.1, -0.05) is 35.9 Å². The first-order valence-electron chi connectivity index (χ1n) is 6.89. The maximum atomic E-state index is 12.3. The van der Waals surface area contributed by atoms with E-state index in [9.17, 15) is 14.9 Å². The molecule has 0 unspecified atom stereocenters. The molecule has 0 fully saturated rings. The van der Waals surface area contributed by atoms with E-state index in [1.54, 1.807) is 26.1 Å². The molecule has 2 amide bonds. The molecule has 23 heavy (non-hydrogen) atoms. The molecule has 2 aromatic rings. The summed E-state index contributed by atoms with van der Waals surface area (Å²) >= 11 is 6.08. The number of nitrogens with one attached hydrogen (secondary N) is 1. The first-order chi connectivity index (χ1) is 10.9. The number of carbonyl (C=O) groups is 1. The third-order valence-corrected chi connectivity index (χ3v) is 3.82. The molecule has 2 aromatic carbocycles.